The number of carbonyl (C=O) groups is 2. The number of carbonyl (C=O) groups excluding carboxylic acids is 2. The van der Waals surface area contributed by atoms with E-state index in [2.05, 4.69) is 5.32 Å². The minimum absolute atomic E-state index is 0.0440. The first-order chi connectivity index (χ1) is 14.7. The first-order valence-electron chi connectivity index (χ1n) is 10.8. The molecule has 0 aromatic heterocycles. The molecule has 6 heteroatoms. The van der Waals surface area contributed by atoms with Crippen molar-refractivity contribution in [3.63, 3.8) is 0 Å². The Morgan fingerprint density at radius 1 is 1.00 bits per heavy atom. The quantitative estimate of drug-likeness (QED) is 0.505. The predicted molar refractivity (Wildman–Crippen MR) is 129 cm³/mol. The zero-order valence-electron chi connectivity index (χ0n) is 19.0. The van der Waals surface area contributed by atoms with Crippen LogP contribution in [0.1, 0.15) is 55.9 Å². The number of aryl methyl sites for hydroxylation is 2. The Kier molecular flexibility index (Phi) is 9.39. The van der Waals surface area contributed by atoms with Crippen LogP contribution < -0.4 is 5.32 Å². The van der Waals surface area contributed by atoms with Crippen molar-refractivity contribution in [1.29, 1.82) is 0 Å². The third kappa shape index (κ3) is 6.98. The van der Waals surface area contributed by atoms with Gasteiger partial charge in [-0.15, -0.1) is 0 Å². The molecule has 0 unspecified atom stereocenters. The van der Waals surface area contributed by atoms with Gasteiger partial charge >= 0.3 is 0 Å². The van der Waals surface area contributed by atoms with Crippen LogP contribution in [0.3, 0.4) is 0 Å². The second-order valence-electron chi connectivity index (χ2n) is 8.12. The molecule has 0 saturated carbocycles. The number of halogens is 2. The molecular formula is C25H32Cl2N2O2. The highest BCUT2D eigenvalue weighted by Gasteiger charge is 2.29. The summed E-state index contributed by atoms with van der Waals surface area (Å²) in [5.41, 5.74) is 3.97. The highest BCUT2D eigenvalue weighted by atomic mass is 35.5. The lowest BCUT2D eigenvalue weighted by atomic mass is 10.0. The van der Waals surface area contributed by atoms with E-state index >= 15 is 0 Å². The van der Waals surface area contributed by atoms with E-state index in [9.17, 15) is 9.59 Å². The number of hydrogen-bond donors (Lipinski definition) is 1. The Morgan fingerprint density at radius 2 is 1.71 bits per heavy atom. The molecule has 0 heterocycles. The third-order valence-corrected chi connectivity index (χ3v) is 6.31. The molecule has 2 amide bonds. The molecule has 2 aromatic carbocycles. The first kappa shape index (κ1) is 25.2. The molecule has 0 bridgehead atoms. The average molecular weight is 463 g/mol. The standard InChI is InChI=1S/C25H32Cl2N2O2/c1-6-18(5)28-25(31)23(7-2)29(15-19-10-11-21(26)22(27)13-19)24(30)14-20-12-16(3)8-9-17(20)4/h8-13,18,23H,6-7,14-15H2,1-5H3,(H,28,31)/t18-,23-/m1/s1. The summed E-state index contributed by atoms with van der Waals surface area (Å²) in [5, 5.41) is 3.91. The van der Waals surface area contributed by atoms with Gasteiger partial charge in [-0.3, -0.25) is 9.59 Å². The summed E-state index contributed by atoms with van der Waals surface area (Å²) >= 11 is 12.2. The number of benzene rings is 2. The highest BCUT2D eigenvalue weighted by Crippen LogP contribution is 2.24. The van der Waals surface area contributed by atoms with E-state index in [1.807, 2.05) is 58.9 Å². The average Bonchev–Trinajstić information content (AvgIpc) is 2.72. The van der Waals surface area contributed by atoms with Crippen molar-refractivity contribution in [3.8, 4) is 0 Å². The van der Waals surface area contributed by atoms with Gasteiger partial charge in [0, 0.05) is 12.6 Å². The van der Waals surface area contributed by atoms with Gasteiger partial charge in [-0.05, 0) is 62.4 Å². The molecule has 2 rings (SSSR count). The fraction of sp³-hybridized carbons (Fsp3) is 0.440. The molecule has 168 valence electrons. The summed E-state index contributed by atoms with van der Waals surface area (Å²) in [6.45, 7) is 10.2. The van der Waals surface area contributed by atoms with E-state index in [1.54, 1.807) is 17.0 Å². The molecule has 31 heavy (non-hydrogen) atoms. The molecule has 0 fully saturated rings. The molecule has 0 spiro atoms. The zero-order valence-corrected chi connectivity index (χ0v) is 20.5. The van der Waals surface area contributed by atoms with Crippen LogP contribution in [0.15, 0.2) is 36.4 Å². The van der Waals surface area contributed by atoms with Crippen LogP contribution >= 0.6 is 23.2 Å². The Hall–Kier alpha value is -2.04. The van der Waals surface area contributed by atoms with E-state index in [0.29, 0.717) is 16.5 Å². The number of nitrogens with zero attached hydrogens (tertiary/aromatic N) is 1. The molecule has 0 aliphatic carbocycles. The third-order valence-electron chi connectivity index (χ3n) is 5.57. The minimum atomic E-state index is -0.568. The summed E-state index contributed by atoms with van der Waals surface area (Å²) < 4.78 is 0. The van der Waals surface area contributed by atoms with Gasteiger partial charge in [-0.2, -0.15) is 0 Å². The first-order valence-corrected chi connectivity index (χ1v) is 11.5. The molecular weight excluding hydrogens is 431 g/mol. The normalized spacial score (nSPS) is 12.9. The molecule has 0 aliphatic heterocycles. The van der Waals surface area contributed by atoms with Crippen molar-refractivity contribution in [2.24, 2.45) is 0 Å². The van der Waals surface area contributed by atoms with Crippen molar-refractivity contribution >= 4 is 35.0 Å². The lowest BCUT2D eigenvalue weighted by molar-refractivity contribution is -0.141. The Morgan fingerprint density at radius 3 is 2.32 bits per heavy atom. The van der Waals surface area contributed by atoms with Crippen molar-refractivity contribution in [2.45, 2.75) is 72.5 Å². The van der Waals surface area contributed by atoms with E-state index in [0.717, 1.165) is 28.7 Å². The number of hydrogen-bond acceptors (Lipinski definition) is 2. The lowest BCUT2D eigenvalue weighted by Crippen LogP contribution is -2.51. The van der Waals surface area contributed by atoms with Crippen molar-refractivity contribution in [1.82, 2.24) is 10.2 Å². The molecule has 0 radical (unpaired) electrons. The second kappa shape index (κ2) is 11.5. The van der Waals surface area contributed by atoms with Crippen molar-refractivity contribution < 1.29 is 9.59 Å². The van der Waals surface area contributed by atoms with E-state index in [-0.39, 0.29) is 30.8 Å². The molecule has 0 saturated heterocycles. The van der Waals surface area contributed by atoms with Gasteiger partial charge in [0.15, 0.2) is 0 Å². The maximum Gasteiger partial charge on any atom is 0.243 e. The monoisotopic (exact) mass is 462 g/mol. The van der Waals surface area contributed by atoms with E-state index in [1.165, 1.54) is 0 Å². The van der Waals surface area contributed by atoms with Crippen LogP contribution in [0, 0.1) is 13.8 Å². The maximum absolute atomic E-state index is 13.5. The lowest BCUT2D eigenvalue weighted by Gasteiger charge is -2.32. The molecule has 0 aliphatic rings. The van der Waals surface area contributed by atoms with Crippen LogP contribution in [0.5, 0.6) is 0 Å². The van der Waals surface area contributed by atoms with Gasteiger partial charge in [-0.1, -0.05) is 66.9 Å². The summed E-state index contributed by atoms with van der Waals surface area (Å²) in [6.07, 6.45) is 1.58. The number of nitrogens with one attached hydrogen (secondary N) is 1. The molecule has 2 atom stereocenters. The maximum atomic E-state index is 13.5. The van der Waals surface area contributed by atoms with E-state index < -0.39 is 6.04 Å². The van der Waals surface area contributed by atoms with Gasteiger partial charge in [-0.25, -0.2) is 0 Å². The smallest absolute Gasteiger partial charge is 0.243 e. The van der Waals surface area contributed by atoms with Crippen molar-refractivity contribution in [2.75, 3.05) is 0 Å². The van der Waals surface area contributed by atoms with Crippen LogP contribution in [0.4, 0.5) is 0 Å². The number of rotatable bonds is 9. The van der Waals surface area contributed by atoms with Gasteiger partial charge in [0.1, 0.15) is 6.04 Å². The molecule has 4 nitrogen and oxygen atoms in total. The summed E-state index contributed by atoms with van der Waals surface area (Å²) in [4.78, 5) is 28.2. The Labute approximate surface area is 195 Å². The summed E-state index contributed by atoms with van der Waals surface area (Å²) in [6, 6.07) is 10.9. The fourth-order valence-corrected chi connectivity index (χ4v) is 3.77. The number of amides is 2. The fourth-order valence-electron chi connectivity index (χ4n) is 3.45. The van der Waals surface area contributed by atoms with Crippen LogP contribution in [-0.2, 0) is 22.6 Å². The largest absolute Gasteiger partial charge is 0.352 e. The second-order valence-corrected chi connectivity index (χ2v) is 8.93. The van der Waals surface area contributed by atoms with E-state index in [4.69, 9.17) is 23.2 Å². The highest BCUT2D eigenvalue weighted by molar-refractivity contribution is 6.42. The SMILES string of the molecule is CC[C@@H](C)NC(=O)[C@@H](CC)N(Cc1ccc(Cl)c(Cl)c1)C(=O)Cc1cc(C)ccc1C. The topological polar surface area (TPSA) is 49.4 Å². The Balaban J connectivity index is 2.36. The van der Waals surface area contributed by atoms with Gasteiger partial charge in [0.05, 0.1) is 16.5 Å². The summed E-state index contributed by atoms with van der Waals surface area (Å²) in [7, 11) is 0. The zero-order chi connectivity index (χ0) is 23.1. The Bertz CT molecular complexity index is 930. The minimum Gasteiger partial charge on any atom is -0.352 e. The van der Waals surface area contributed by atoms with Gasteiger partial charge < -0.3 is 10.2 Å². The van der Waals surface area contributed by atoms with Crippen LogP contribution in [-0.4, -0.2) is 28.8 Å². The van der Waals surface area contributed by atoms with Crippen molar-refractivity contribution in [3.05, 3.63) is 68.7 Å². The molecule has 2 aromatic rings. The predicted octanol–water partition coefficient (Wildman–Crippen LogP) is 5.87. The molecule has 1 N–H and O–H groups in total. The van der Waals surface area contributed by atoms with Crippen LogP contribution in [0.25, 0.3) is 0 Å². The van der Waals surface area contributed by atoms with Gasteiger partial charge in [0.25, 0.3) is 0 Å². The van der Waals surface area contributed by atoms with Gasteiger partial charge in [0.2, 0.25) is 11.8 Å². The summed E-state index contributed by atoms with van der Waals surface area (Å²) in [5.74, 6) is -0.225. The van der Waals surface area contributed by atoms with Crippen LogP contribution in [0.2, 0.25) is 10.0 Å².